The van der Waals surface area contributed by atoms with Gasteiger partial charge in [-0.1, -0.05) is 0 Å². The summed E-state index contributed by atoms with van der Waals surface area (Å²) in [6.07, 6.45) is 3.01. The molecule has 0 heterocycles. The first-order valence-corrected chi connectivity index (χ1v) is 10.2. The van der Waals surface area contributed by atoms with Crippen LogP contribution in [0.1, 0.15) is 29.0 Å². The van der Waals surface area contributed by atoms with Crippen LogP contribution in [0.2, 0.25) is 5.82 Å². The number of rotatable bonds is 7. The fourth-order valence-corrected chi connectivity index (χ4v) is 4.02. The van der Waals surface area contributed by atoms with Crippen LogP contribution in [-0.4, -0.2) is 19.6 Å². The zero-order valence-corrected chi connectivity index (χ0v) is 15.1. The normalized spacial score (nSPS) is 12.9. The van der Waals surface area contributed by atoms with Crippen molar-refractivity contribution in [3.8, 4) is 0 Å². The second-order valence-corrected chi connectivity index (χ2v) is 7.17. The Balaban J connectivity index is 2.21. The average Bonchev–Trinajstić information content (AvgIpc) is 2.57. The van der Waals surface area contributed by atoms with E-state index in [1.807, 2.05) is 6.08 Å². The van der Waals surface area contributed by atoms with E-state index in [4.69, 9.17) is 0 Å². The van der Waals surface area contributed by atoms with Crippen LogP contribution in [-0.2, 0) is 6.54 Å². The molecule has 1 N–H and O–H groups in total. The molecule has 0 fully saturated rings. The Morgan fingerprint density at radius 1 is 1.14 bits per heavy atom. The van der Waals surface area contributed by atoms with Crippen molar-refractivity contribution in [3.05, 3.63) is 83.9 Å². The molecule has 1 nitrogen and oxygen atoms in total. The molecule has 0 aliphatic rings. The first-order chi connectivity index (χ1) is 10.7. The monoisotopic (exact) mass is 358 g/mol. The molecule has 0 spiro atoms. The third kappa shape index (κ3) is 4.69. The molecule has 2 aromatic rings. The van der Waals surface area contributed by atoms with Crippen molar-refractivity contribution in [3.63, 3.8) is 0 Å². The van der Waals surface area contributed by atoms with Gasteiger partial charge in [-0.25, -0.2) is 0 Å². The van der Waals surface area contributed by atoms with E-state index < -0.39 is 0 Å². The second kappa shape index (κ2) is 8.73. The van der Waals surface area contributed by atoms with E-state index in [1.54, 1.807) is 0 Å². The van der Waals surface area contributed by atoms with Crippen molar-refractivity contribution in [1.29, 1.82) is 0 Å². The summed E-state index contributed by atoms with van der Waals surface area (Å²) in [5, 5.41) is 0. The Labute approximate surface area is 140 Å². The molecule has 114 valence electrons. The molecule has 0 saturated carbocycles. The molecule has 0 aliphatic heterocycles. The Kier molecular flexibility index (Phi) is 6.64. The van der Waals surface area contributed by atoms with Gasteiger partial charge in [-0.15, -0.1) is 0 Å². The average molecular weight is 357 g/mol. The van der Waals surface area contributed by atoms with Gasteiger partial charge in [0.05, 0.1) is 0 Å². The van der Waals surface area contributed by atoms with E-state index in [9.17, 15) is 0 Å². The Hall–Kier alpha value is -1.63. The van der Waals surface area contributed by atoms with Crippen LogP contribution in [0.3, 0.4) is 0 Å². The van der Waals surface area contributed by atoms with Crippen molar-refractivity contribution in [2.45, 2.75) is 31.6 Å². The number of nitrogens with one attached hydrogen (secondary N) is 1. The molecule has 2 aromatic carbocycles. The topological polar surface area (TPSA) is 14.0 Å². The van der Waals surface area contributed by atoms with Gasteiger partial charge in [0.1, 0.15) is 0 Å². The van der Waals surface area contributed by atoms with Gasteiger partial charge in [0.15, 0.2) is 0 Å². The van der Waals surface area contributed by atoms with Gasteiger partial charge < -0.3 is 0 Å². The molecule has 2 heteroatoms. The van der Waals surface area contributed by atoms with Crippen molar-refractivity contribution in [1.82, 2.24) is 0 Å². The van der Waals surface area contributed by atoms with Crippen LogP contribution in [0.25, 0.3) is 0 Å². The zero-order valence-electron chi connectivity index (χ0n) is 13.4. The molecule has 22 heavy (non-hydrogen) atoms. The van der Waals surface area contributed by atoms with Gasteiger partial charge in [0.25, 0.3) is 0 Å². The van der Waals surface area contributed by atoms with Crippen LogP contribution < -0.4 is 4.99 Å². The number of allylic oxidation sites excluding steroid dienone is 1. The minimum atomic E-state index is 0.425. The molecular formula is C20H24NSe+. The van der Waals surface area contributed by atoms with E-state index in [0.29, 0.717) is 20.9 Å². The molecule has 0 amide bonds. The van der Waals surface area contributed by atoms with Crippen molar-refractivity contribution < 1.29 is 4.99 Å². The first-order valence-electron chi connectivity index (χ1n) is 7.60. The Morgan fingerprint density at radius 3 is 2.41 bits per heavy atom. The Bertz CT molecular complexity index is 614. The van der Waals surface area contributed by atoms with E-state index >= 15 is 0 Å². The van der Waals surface area contributed by atoms with Crippen LogP contribution in [0.4, 0.5) is 0 Å². The van der Waals surface area contributed by atoms with Gasteiger partial charge in [-0.05, 0) is 0 Å². The number of benzene rings is 2. The molecule has 1 unspecified atom stereocenters. The summed E-state index contributed by atoms with van der Waals surface area (Å²) >= 11 is 0.453. The van der Waals surface area contributed by atoms with Crippen LogP contribution in [0, 0.1) is 6.92 Å². The summed E-state index contributed by atoms with van der Waals surface area (Å²) in [6.45, 7) is 6.96. The standard InChI is InChI=1S/C20H23NSe/c1-4-8-19(18-9-6-5-7-10-18)20(22-3)21-15-17-13-11-16(2)12-14-17/h4-7,9-14,19H,1,8,15H2,2-3H3/p+1. The molecular weight excluding hydrogens is 333 g/mol. The predicted molar refractivity (Wildman–Crippen MR) is 96.5 cm³/mol. The van der Waals surface area contributed by atoms with Crippen molar-refractivity contribution in [2.24, 2.45) is 0 Å². The summed E-state index contributed by atoms with van der Waals surface area (Å²) in [5.74, 6) is 2.71. The van der Waals surface area contributed by atoms with Gasteiger partial charge in [0.2, 0.25) is 0 Å². The zero-order chi connectivity index (χ0) is 15.8. The van der Waals surface area contributed by atoms with Crippen LogP contribution in [0.15, 0.2) is 67.3 Å². The molecule has 0 saturated heterocycles. The predicted octanol–water partition coefficient (Wildman–Crippen LogP) is 3.09. The van der Waals surface area contributed by atoms with E-state index in [1.165, 1.54) is 21.3 Å². The molecule has 1 atom stereocenters. The number of hydrogen-bond donors (Lipinski definition) is 1. The fourth-order valence-electron chi connectivity index (χ4n) is 2.48. The van der Waals surface area contributed by atoms with Crippen LogP contribution in [0.5, 0.6) is 0 Å². The quantitative estimate of drug-likeness (QED) is 0.445. The van der Waals surface area contributed by atoms with Gasteiger partial charge in [-0.3, -0.25) is 0 Å². The number of hydrogen-bond acceptors (Lipinski definition) is 0. The van der Waals surface area contributed by atoms with Gasteiger partial charge >= 0.3 is 140 Å². The summed E-state index contributed by atoms with van der Waals surface area (Å²) < 4.78 is 1.44. The minimum absolute atomic E-state index is 0.425. The summed E-state index contributed by atoms with van der Waals surface area (Å²) in [4.78, 5) is 3.69. The Morgan fingerprint density at radius 2 is 1.82 bits per heavy atom. The van der Waals surface area contributed by atoms with E-state index in [0.717, 1.165) is 13.0 Å². The molecule has 2 rings (SSSR count). The fraction of sp³-hybridized carbons (Fsp3) is 0.250. The molecule has 0 radical (unpaired) electrons. The number of aryl methyl sites for hydroxylation is 1. The van der Waals surface area contributed by atoms with Gasteiger partial charge in [0, 0.05) is 0 Å². The molecule has 0 aliphatic carbocycles. The van der Waals surface area contributed by atoms with E-state index in [2.05, 4.69) is 78.9 Å². The SMILES string of the molecule is C=CCC(C(=[NH+]Cc1ccc(C)cc1)[Se]C)c1ccccc1. The first kappa shape index (κ1) is 16.7. The summed E-state index contributed by atoms with van der Waals surface area (Å²) in [6, 6.07) is 19.5. The van der Waals surface area contributed by atoms with E-state index in [-0.39, 0.29) is 0 Å². The third-order valence-corrected chi connectivity index (χ3v) is 5.55. The third-order valence-electron chi connectivity index (χ3n) is 3.73. The van der Waals surface area contributed by atoms with Crippen molar-refractivity contribution >= 4 is 19.6 Å². The second-order valence-electron chi connectivity index (χ2n) is 5.40. The maximum absolute atomic E-state index is 3.94. The maximum atomic E-state index is 3.94. The van der Waals surface area contributed by atoms with Crippen molar-refractivity contribution in [2.75, 3.05) is 0 Å². The summed E-state index contributed by atoms with van der Waals surface area (Å²) in [7, 11) is 0. The van der Waals surface area contributed by atoms with Gasteiger partial charge in [-0.2, -0.15) is 0 Å². The molecule has 0 aromatic heterocycles. The summed E-state index contributed by atoms with van der Waals surface area (Å²) in [5.41, 5.74) is 4.01. The molecule has 0 bridgehead atoms. The van der Waals surface area contributed by atoms with Crippen LogP contribution >= 0.6 is 0 Å².